The summed E-state index contributed by atoms with van der Waals surface area (Å²) in [4.78, 5) is 35.9. The van der Waals surface area contributed by atoms with Crippen LogP contribution in [0.3, 0.4) is 0 Å². The summed E-state index contributed by atoms with van der Waals surface area (Å²) in [6.45, 7) is 5.74. The van der Waals surface area contributed by atoms with Crippen LogP contribution in [0.5, 0.6) is 0 Å². The Balaban J connectivity index is 2.36. The maximum Gasteiger partial charge on any atom is 0.242 e. The van der Waals surface area contributed by atoms with E-state index >= 15 is 0 Å². The quantitative estimate of drug-likeness (QED) is 0.153. The number of carbonyl (C=O) groups excluding carboxylic acids is 3. The van der Waals surface area contributed by atoms with Gasteiger partial charge in [-0.15, -0.1) is 0 Å². The van der Waals surface area contributed by atoms with Crippen molar-refractivity contribution in [2.24, 2.45) is 5.73 Å². The highest BCUT2D eigenvalue weighted by Crippen LogP contribution is 2.02. The van der Waals surface area contributed by atoms with Crippen molar-refractivity contribution in [3.8, 4) is 0 Å². The number of aliphatic hydroxyl groups excluding tert-OH is 1. The number of aliphatic hydroxyl groups is 1. The normalized spacial score (nSPS) is 13.5. The molecule has 0 saturated carbocycles. The minimum absolute atomic E-state index is 0.343. The summed E-state index contributed by atoms with van der Waals surface area (Å²) in [5.74, 6) is -0.601. The van der Waals surface area contributed by atoms with Crippen molar-refractivity contribution in [1.29, 1.82) is 0 Å². The molecule has 31 heavy (non-hydrogen) atoms. The van der Waals surface area contributed by atoms with E-state index in [-0.39, 0.29) is 6.61 Å². The predicted octanol–water partition coefficient (Wildman–Crippen LogP) is -0.442. The first-order chi connectivity index (χ1) is 14.9. The maximum absolute atomic E-state index is 12.4. The molecule has 3 unspecified atom stereocenters. The van der Waals surface area contributed by atoms with E-state index in [1.807, 2.05) is 30.3 Å². The molecule has 2 amide bonds. The molecule has 9 heteroatoms. The van der Waals surface area contributed by atoms with E-state index in [0.29, 0.717) is 38.0 Å². The van der Waals surface area contributed by atoms with E-state index in [1.165, 1.54) is 12.5 Å². The summed E-state index contributed by atoms with van der Waals surface area (Å²) >= 11 is 0. The Morgan fingerprint density at radius 1 is 1.13 bits per heavy atom. The predicted molar refractivity (Wildman–Crippen MR) is 120 cm³/mol. The van der Waals surface area contributed by atoms with Gasteiger partial charge in [0.1, 0.15) is 18.4 Å². The zero-order chi connectivity index (χ0) is 23.1. The lowest BCUT2D eigenvalue weighted by molar-refractivity contribution is -0.131. The van der Waals surface area contributed by atoms with Crippen LogP contribution in [0.2, 0.25) is 0 Å². The van der Waals surface area contributed by atoms with E-state index in [0.717, 1.165) is 12.8 Å². The average molecular weight is 434 g/mol. The fourth-order valence-corrected chi connectivity index (χ4v) is 2.89. The van der Waals surface area contributed by atoms with Gasteiger partial charge in [-0.05, 0) is 44.7 Å². The molecule has 0 aromatic heterocycles. The van der Waals surface area contributed by atoms with Crippen molar-refractivity contribution in [2.75, 3.05) is 19.7 Å². The van der Waals surface area contributed by atoms with Gasteiger partial charge < -0.3 is 36.9 Å². The molecule has 0 aliphatic rings. The fraction of sp³-hybridized carbons (Fsp3) is 0.500. The molecule has 0 fully saturated rings. The van der Waals surface area contributed by atoms with Crippen LogP contribution in [0.4, 0.5) is 0 Å². The number of carbonyl (C=O) groups is 3. The van der Waals surface area contributed by atoms with Gasteiger partial charge in [0.25, 0.3) is 0 Å². The number of benzene rings is 1. The van der Waals surface area contributed by atoms with Gasteiger partial charge in [-0.3, -0.25) is 9.59 Å². The van der Waals surface area contributed by atoms with Gasteiger partial charge in [0, 0.05) is 6.54 Å². The maximum atomic E-state index is 12.4. The molecule has 0 saturated heterocycles. The molecule has 1 aromatic carbocycles. The number of nitrogens with two attached hydrogens (primary N) is 1. The van der Waals surface area contributed by atoms with Crippen LogP contribution in [-0.2, 0) is 20.8 Å². The van der Waals surface area contributed by atoms with Crippen LogP contribution < -0.4 is 27.0 Å². The molecule has 0 heterocycles. The van der Waals surface area contributed by atoms with Gasteiger partial charge in [0.2, 0.25) is 11.8 Å². The summed E-state index contributed by atoms with van der Waals surface area (Å²) in [6, 6.07) is 7.65. The first kappa shape index (κ1) is 26.1. The zero-order valence-corrected chi connectivity index (χ0v) is 18.1. The van der Waals surface area contributed by atoms with Gasteiger partial charge in [-0.2, -0.15) is 0 Å². The van der Waals surface area contributed by atoms with E-state index < -0.39 is 29.9 Å². The van der Waals surface area contributed by atoms with Gasteiger partial charge in [-0.25, -0.2) is 0 Å². The topological polar surface area (TPSA) is 146 Å². The fourth-order valence-electron chi connectivity index (χ4n) is 2.89. The van der Waals surface area contributed by atoms with Gasteiger partial charge in [0.15, 0.2) is 0 Å². The smallest absolute Gasteiger partial charge is 0.242 e. The Hall–Kier alpha value is -2.91. The average Bonchev–Trinajstić information content (AvgIpc) is 2.76. The van der Waals surface area contributed by atoms with Crippen molar-refractivity contribution in [2.45, 2.75) is 50.7 Å². The molecule has 3 atom stereocenters. The molecule has 0 aliphatic carbocycles. The molecule has 0 bridgehead atoms. The first-order valence-corrected chi connectivity index (χ1v) is 10.5. The molecular formula is C22H35N5O4. The van der Waals surface area contributed by atoms with Crippen molar-refractivity contribution in [3.05, 3.63) is 48.3 Å². The Bertz CT molecular complexity index is 698. The number of aryl methyl sites for hydroxylation is 1. The summed E-state index contributed by atoms with van der Waals surface area (Å²) < 4.78 is 0. The molecule has 7 N–H and O–H groups in total. The third-order valence-electron chi connectivity index (χ3n) is 4.66. The molecule has 9 nitrogen and oxygen atoms in total. The molecule has 1 aromatic rings. The van der Waals surface area contributed by atoms with E-state index in [2.05, 4.69) is 27.8 Å². The van der Waals surface area contributed by atoms with Crippen molar-refractivity contribution >= 4 is 18.1 Å². The number of amides is 2. The summed E-state index contributed by atoms with van der Waals surface area (Å²) in [5, 5.41) is 20.5. The van der Waals surface area contributed by atoms with Crippen molar-refractivity contribution in [3.63, 3.8) is 0 Å². The van der Waals surface area contributed by atoms with Crippen LogP contribution >= 0.6 is 0 Å². The standard InChI is InChI=1S/C22H35N5O4/c1-16(21(30)27-19(14-28)11-7-12-24-17(2)23)26-22(31)20(15-29)25-13-6-10-18-8-4-3-5-9-18/h3-5,8-9,14,16,19-20,24-25,29H,2,6-7,10-13,15,23H2,1H3,(H,26,31)(H,27,30). The van der Waals surface area contributed by atoms with Crippen LogP contribution in [0.1, 0.15) is 31.7 Å². The van der Waals surface area contributed by atoms with Crippen molar-refractivity contribution < 1.29 is 19.5 Å². The Kier molecular flexibility index (Phi) is 12.6. The highest BCUT2D eigenvalue weighted by molar-refractivity contribution is 5.90. The molecular weight excluding hydrogens is 398 g/mol. The second-order valence-corrected chi connectivity index (χ2v) is 7.35. The Morgan fingerprint density at radius 3 is 2.45 bits per heavy atom. The minimum Gasteiger partial charge on any atom is -0.394 e. The molecule has 1 rings (SSSR count). The molecule has 0 radical (unpaired) electrons. The Morgan fingerprint density at radius 2 is 1.84 bits per heavy atom. The van der Waals surface area contributed by atoms with Gasteiger partial charge in [0.05, 0.1) is 18.5 Å². The first-order valence-electron chi connectivity index (χ1n) is 10.5. The monoisotopic (exact) mass is 433 g/mol. The third-order valence-corrected chi connectivity index (χ3v) is 4.66. The lowest BCUT2D eigenvalue weighted by Gasteiger charge is -2.21. The lowest BCUT2D eigenvalue weighted by Crippen LogP contribution is -2.54. The van der Waals surface area contributed by atoms with Gasteiger partial charge >= 0.3 is 0 Å². The lowest BCUT2D eigenvalue weighted by atomic mass is 10.1. The van der Waals surface area contributed by atoms with E-state index in [9.17, 15) is 19.5 Å². The number of hydrogen-bond donors (Lipinski definition) is 6. The number of rotatable bonds is 16. The SMILES string of the molecule is C=C(N)NCCCC(C=O)NC(=O)C(C)NC(=O)C(CO)NCCCc1ccccc1. The van der Waals surface area contributed by atoms with Crippen LogP contribution in [0.25, 0.3) is 0 Å². The number of aldehydes is 1. The van der Waals surface area contributed by atoms with Crippen LogP contribution in [0, 0.1) is 0 Å². The highest BCUT2D eigenvalue weighted by atomic mass is 16.3. The van der Waals surface area contributed by atoms with E-state index in [1.54, 1.807) is 0 Å². The molecule has 0 spiro atoms. The zero-order valence-electron chi connectivity index (χ0n) is 18.1. The number of nitrogens with one attached hydrogen (secondary N) is 4. The summed E-state index contributed by atoms with van der Waals surface area (Å²) in [6.07, 6.45) is 3.36. The van der Waals surface area contributed by atoms with Gasteiger partial charge in [-0.1, -0.05) is 36.9 Å². The van der Waals surface area contributed by atoms with E-state index in [4.69, 9.17) is 5.73 Å². The summed E-state index contributed by atoms with van der Waals surface area (Å²) in [7, 11) is 0. The third kappa shape index (κ3) is 11.2. The largest absolute Gasteiger partial charge is 0.394 e. The molecule has 0 aliphatic heterocycles. The Labute approximate surface area is 183 Å². The highest BCUT2D eigenvalue weighted by Gasteiger charge is 2.23. The second-order valence-electron chi connectivity index (χ2n) is 7.35. The minimum atomic E-state index is -0.850. The number of hydrogen-bond acceptors (Lipinski definition) is 7. The van der Waals surface area contributed by atoms with Crippen LogP contribution in [0.15, 0.2) is 42.7 Å². The molecule has 172 valence electrons. The summed E-state index contributed by atoms with van der Waals surface area (Å²) in [5.41, 5.74) is 6.60. The second kappa shape index (κ2) is 15.0. The van der Waals surface area contributed by atoms with Crippen LogP contribution in [-0.4, -0.2) is 61.0 Å². The van der Waals surface area contributed by atoms with Crippen molar-refractivity contribution in [1.82, 2.24) is 21.3 Å².